The van der Waals surface area contributed by atoms with Crippen LogP contribution in [-0.4, -0.2) is 22.5 Å². The Morgan fingerprint density at radius 1 is 1.29 bits per heavy atom. The summed E-state index contributed by atoms with van der Waals surface area (Å²) >= 11 is 1.63. The van der Waals surface area contributed by atoms with Crippen LogP contribution in [0.4, 0.5) is 11.5 Å². The van der Waals surface area contributed by atoms with Gasteiger partial charge in [-0.3, -0.25) is 0 Å². The molecule has 0 aliphatic heterocycles. The van der Waals surface area contributed by atoms with Crippen LogP contribution in [0.2, 0.25) is 0 Å². The summed E-state index contributed by atoms with van der Waals surface area (Å²) in [5.41, 5.74) is 1.33. The minimum Gasteiger partial charge on any atom is -0.462 e. The maximum Gasteiger partial charge on any atom is 0.338 e. The van der Waals surface area contributed by atoms with Gasteiger partial charge in [-0.15, -0.1) is 11.3 Å². The molecule has 0 saturated heterocycles. The molecular formula is C18H19N3O2S. The maximum atomic E-state index is 12.1. The highest BCUT2D eigenvalue weighted by Crippen LogP contribution is 2.29. The molecule has 24 heavy (non-hydrogen) atoms. The van der Waals surface area contributed by atoms with Gasteiger partial charge in [0, 0.05) is 10.6 Å². The number of benzene rings is 1. The molecule has 5 nitrogen and oxygen atoms in total. The fourth-order valence-electron chi connectivity index (χ4n) is 2.33. The van der Waals surface area contributed by atoms with Gasteiger partial charge in [-0.2, -0.15) is 0 Å². The normalized spacial score (nSPS) is 10.8. The number of esters is 1. The van der Waals surface area contributed by atoms with Gasteiger partial charge in [0.25, 0.3) is 0 Å². The van der Waals surface area contributed by atoms with Crippen LogP contribution in [0, 0.1) is 6.92 Å². The van der Waals surface area contributed by atoms with Crippen molar-refractivity contribution in [3.8, 4) is 0 Å². The number of fused-ring (bicyclic) bond motifs is 1. The zero-order valence-electron chi connectivity index (χ0n) is 13.7. The summed E-state index contributed by atoms with van der Waals surface area (Å²) in [5.74, 6) is 0.437. The summed E-state index contributed by atoms with van der Waals surface area (Å²) < 4.78 is 5.26. The topological polar surface area (TPSA) is 64.1 Å². The minimum absolute atomic E-state index is 0.300. The lowest BCUT2D eigenvalue weighted by molar-refractivity contribution is 0.0500. The molecule has 1 N–H and O–H groups in total. The van der Waals surface area contributed by atoms with Gasteiger partial charge in [-0.05, 0) is 37.6 Å². The quantitative estimate of drug-likeness (QED) is 0.520. The lowest BCUT2D eigenvalue weighted by atomic mass is 10.2. The first kappa shape index (κ1) is 16.4. The van der Waals surface area contributed by atoms with Crippen molar-refractivity contribution in [1.29, 1.82) is 0 Å². The van der Waals surface area contributed by atoms with E-state index in [1.54, 1.807) is 29.8 Å². The molecule has 2 aromatic heterocycles. The van der Waals surface area contributed by atoms with Crippen LogP contribution >= 0.6 is 11.3 Å². The van der Waals surface area contributed by atoms with Gasteiger partial charge in [-0.1, -0.05) is 19.4 Å². The zero-order chi connectivity index (χ0) is 16.9. The second-order valence-electron chi connectivity index (χ2n) is 5.49. The number of aryl methyl sites for hydroxylation is 1. The predicted octanol–water partition coefficient (Wildman–Crippen LogP) is 4.70. The SMILES string of the molecule is CCCCOC(=O)c1cccc(Nc2ncnc3sc(C)cc23)c1. The van der Waals surface area contributed by atoms with Gasteiger partial charge in [0.1, 0.15) is 17.0 Å². The fraction of sp³-hybridized carbons (Fsp3) is 0.278. The molecule has 2 heterocycles. The summed E-state index contributed by atoms with van der Waals surface area (Å²) in [5, 5.41) is 4.25. The summed E-state index contributed by atoms with van der Waals surface area (Å²) in [7, 11) is 0. The van der Waals surface area contributed by atoms with E-state index in [4.69, 9.17) is 4.74 Å². The van der Waals surface area contributed by atoms with Crippen LogP contribution in [0.5, 0.6) is 0 Å². The highest BCUT2D eigenvalue weighted by atomic mass is 32.1. The number of hydrogen-bond donors (Lipinski definition) is 1. The molecule has 0 fully saturated rings. The average molecular weight is 341 g/mol. The van der Waals surface area contributed by atoms with Crippen LogP contribution in [0.1, 0.15) is 35.0 Å². The van der Waals surface area contributed by atoms with E-state index in [1.807, 2.05) is 19.1 Å². The van der Waals surface area contributed by atoms with E-state index in [9.17, 15) is 4.79 Å². The van der Waals surface area contributed by atoms with Crippen LogP contribution in [-0.2, 0) is 4.74 Å². The van der Waals surface area contributed by atoms with Crippen molar-refractivity contribution in [3.05, 3.63) is 47.1 Å². The number of carbonyl (C=O) groups excluding carboxylic acids is 1. The summed E-state index contributed by atoms with van der Waals surface area (Å²) in [4.78, 5) is 22.8. The molecule has 3 rings (SSSR count). The summed E-state index contributed by atoms with van der Waals surface area (Å²) in [6.07, 6.45) is 3.42. The third kappa shape index (κ3) is 3.71. The first-order valence-electron chi connectivity index (χ1n) is 7.92. The number of rotatable bonds is 6. The molecule has 0 radical (unpaired) electrons. The van der Waals surface area contributed by atoms with E-state index >= 15 is 0 Å². The Kier molecular flexibility index (Phi) is 5.05. The summed E-state index contributed by atoms with van der Waals surface area (Å²) in [6, 6.07) is 9.32. The lowest BCUT2D eigenvalue weighted by Gasteiger charge is -2.08. The monoisotopic (exact) mass is 341 g/mol. The summed E-state index contributed by atoms with van der Waals surface area (Å²) in [6.45, 7) is 4.56. The molecule has 1 aromatic carbocycles. The van der Waals surface area contributed by atoms with Gasteiger partial charge in [-0.25, -0.2) is 14.8 Å². The number of ether oxygens (including phenoxy) is 1. The molecule has 3 aromatic rings. The van der Waals surface area contributed by atoms with E-state index in [0.717, 1.165) is 34.6 Å². The third-order valence-corrected chi connectivity index (χ3v) is 4.50. The molecule has 0 amide bonds. The Balaban J connectivity index is 1.80. The van der Waals surface area contributed by atoms with Crippen LogP contribution in [0.15, 0.2) is 36.7 Å². The molecule has 0 saturated carbocycles. The lowest BCUT2D eigenvalue weighted by Crippen LogP contribution is -2.06. The van der Waals surface area contributed by atoms with Gasteiger partial charge in [0.15, 0.2) is 0 Å². The highest BCUT2D eigenvalue weighted by Gasteiger charge is 2.10. The van der Waals surface area contributed by atoms with Gasteiger partial charge in [0.2, 0.25) is 0 Å². The van der Waals surface area contributed by atoms with Crippen LogP contribution in [0.25, 0.3) is 10.2 Å². The third-order valence-electron chi connectivity index (χ3n) is 3.54. The van der Waals surface area contributed by atoms with E-state index in [0.29, 0.717) is 12.2 Å². The number of aromatic nitrogens is 2. The van der Waals surface area contributed by atoms with E-state index < -0.39 is 0 Å². The average Bonchev–Trinajstić information content (AvgIpc) is 2.97. The number of nitrogens with one attached hydrogen (secondary N) is 1. The Morgan fingerprint density at radius 2 is 2.17 bits per heavy atom. The fourth-order valence-corrected chi connectivity index (χ4v) is 3.18. The number of thiophene rings is 1. The van der Waals surface area contributed by atoms with E-state index in [-0.39, 0.29) is 5.97 Å². The molecular weight excluding hydrogens is 322 g/mol. The minimum atomic E-state index is -0.300. The first-order valence-corrected chi connectivity index (χ1v) is 8.74. The smallest absolute Gasteiger partial charge is 0.338 e. The Labute approximate surface area is 144 Å². The number of unbranched alkanes of at least 4 members (excludes halogenated alkanes) is 1. The Hall–Kier alpha value is -2.47. The molecule has 0 aliphatic carbocycles. The zero-order valence-corrected chi connectivity index (χ0v) is 14.5. The van der Waals surface area contributed by atoms with Crippen molar-refractivity contribution in [1.82, 2.24) is 9.97 Å². The largest absolute Gasteiger partial charge is 0.462 e. The van der Waals surface area contributed by atoms with Crippen molar-refractivity contribution >= 4 is 39.0 Å². The number of carbonyl (C=O) groups is 1. The standard InChI is InChI=1S/C18H19N3O2S/c1-3-4-8-23-18(22)13-6-5-7-14(10-13)21-16-15-9-12(2)24-17(15)20-11-19-16/h5-7,9-11H,3-4,8H2,1-2H3,(H,19,20,21). The number of anilines is 2. The molecule has 0 unspecified atom stereocenters. The molecule has 0 spiro atoms. The van der Waals surface area contributed by atoms with Gasteiger partial charge in [0.05, 0.1) is 17.6 Å². The predicted molar refractivity (Wildman–Crippen MR) is 97.1 cm³/mol. The van der Waals surface area contributed by atoms with Gasteiger partial charge < -0.3 is 10.1 Å². The highest BCUT2D eigenvalue weighted by molar-refractivity contribution is 7.18. The second-order valence-corrected chi connectivity index (χ2v) is 6.73. The van der Waals surface area contributed by atoms with E-state index in [2.05, 4.69) is 28.3 Å². The Bertz CT molecular complexity index is 860. The van der Waals surface area contributed by atoms with E-state index in [1.165, 1.54) is 4.88 Å². The van der Waals surface area contributed by atoms with Gasteiger partial charge >= 0.3 is 5.97 Å². The van der Waals surface area contributed by atoms with Crippen LogP contribution < -0.4 is 5.32 Å². The molecule has 0 atom stereocenters. The number of hydrogen-bond acceptors (Lipinski definition) is 6. The first-order chi connectivity index (χ1) is 11.7. The molecule has 124 valence electrons. The van der Waals surface area contributed by atoms with Crippen molar-refractivity contribution in [2.24, 2.45) is 0 Å². The number of nitrogens with zero attached hydrogens (tertiary/aromatic N) is 2. The molecule has 0 aliphatic rings. The van der Waals surface area contributed by atoms with Crippen molar-refractivity contribution in [3.63, 3.8) is 0 Å². The molecule has 0 bridgehead atoms. The van der Waals surface area contributed by atoms with Crippen molar-refractivity contribution < 1.29 is 9.53 Å². The van der Waals surface area contributed by atoms with Crippen LogP contribution in [0.3, 0.4) is 0 Å². The van der Waals surface area contributed by atoms with Crippen molar-refractivity contribution in [2.75, 3.05) is 11.9 Å². The Morgan fingerprint density at radius 3 is 3.00 bits per heavy atom. The van der Waals surface area contributed by atoms with Crippen molar-refractivity contribution in [2.45, 2.75) is 26.7 Å². The molecule has 6 heteroatoms. The maximum absolute atomic E-state index is 12.1. The second kappa shape index (κ2) is 7.40.